The lowest BCUT2D eigenvalue weighted by Crippen LogP contribution is -2.05. The van der Waals surface area contributed by atoms with Gasteiger partial charge in [0.15, 0.2) is 5.69 Å². The predicted octanol–water partition coefficient (Wildman–Crippen LogP) is 0.188. The van der Waals surface area contributed by atoms with Gasteiger partial charge in [-0.1, -0.05) is 11.8 Å². The van der Waals surface area contributed by atoms with Gasteiger partial charge in [0.25, 0.3) is 0 Å². The smallest absolute Gasteiger partial charge is 0.356 e. The van der Waals surface area contributed by atoms with E-state index in [0.29, 0.717) is 5.56 Å². The van der Waals surface area contributed by atoms with Crippen molar-refractivity contribution in [2.24, 2.45) is 0 Å². The summed E-state index contributed by atoms with van der Waals surface area (Å²) in [5, 5.41) is 17.0. The highest BCUT2D eigenvalue weighted by Crippen LogP contribution is 2.10. The summed E-state index contributed by atoms with van der Waals surface area (Å²) in [4.78, 5) is 24.4. The van der Waals surface area contributed by atoms with Gasteiger partial charge in [-0.25, -0.2) is 9.78 Å². The summed E-state index contributed by atoms with van der Waals surface area (Å²) in [6.45, 7) is 0. The number of nitrogens with zero attached hydrogens (tertiary/aromatic N) is 1. The zero-order valence-corrected chi connectivity index (χ0v) is 8.10. The number of anilines is 1. The molecule has 0 bridgehead atoms. The molecule has 0 saturated carbocycles. The van der Waals surface area contributed by atoms with Crippen LogP contribution >= 0.6 is 0 Å². The first kappa shape index (κ1) is 11.5. The van der Waals surface area contributed by atoms with E-state index in [4.69, 9.17) is 15.9 Å². The summed E-state index contributed by atoms with van der Waals surface area (Å²) in [6, 6.07) is 1.34. The molecule has 1 aromatic heterocycles. The Hall–Kier alpha value is -2.55. The minimum Gasteiger partial charge on any atom is -0.481 e. The summed E-state index contributed by atoms with van der Waals surface area (Å²) < 4.78 is 0. The number of carboxylic acids is 2. The van der Waals surface area contributed by atoms with Gasteiger partial charge < -0.3 is 15.9 Å². The molecule has 0 aliphatic heterocycles. The average molecular weight is 220 g/mol. The first-order chi connectivity index (χ1) is 7.50. The molecule has 0 saturated heterocycles. The normalized spacial score (nSPS) is 9.00. The Labute approximate surface area is 90.7 Å². The molecule has 0 spiro atoms. The fourth-order valence-corrected chi connectivity index (χ4v) is 0.951. The highest BCUT2D eigenvalue weighted by molar-refractivity contribution is 5.91. The second-order valence-electron chi connectivity index (χ2n) is 2.84. The Kier molecular flexibility index (Phi) is 3.45. The van der Waals surface area contributed by atoms with Gasteiger partial charge in [-0.3, -0.25) is 4.79 Å². The molecule has 1 rings (SSSR count). The van der Waals surface area contributed by atoms with Crippen molar-refractivity contribution in [1.29, 1.82) is 0 Å². The van der Waals surface area contributed by atoms with Crippen LogP contribution in [0.2, 0.25) is 0 Å². The van der Waals surface area contributed by atoms with E-state index >= 15 is 0 Å². The number of carboxylic acid groups (broad SMARTS) is 2. The van der Waals surface area contributed by atoms with Gasteiger partial charge >= 0.3 is 11.9 Å². The number of carbonyl (C=O) groups is 2. The standard InChI is InChI=1S/C10H8N2O4/c11-7-4-6(2-1-3-8(13)14)5-12-9(7)10(15)16/h4-5H,3,11H2,(H,13,14)(H,15,16). The minimum atomic E-state index is -1.22. The van der Waals surface area contributed by atoms with E-state index in [1.165, 1.54) is 12.3 Å². The second-order valence-corrected chi connectivity index (χ2v) is 2.84. The van der Waals surface area contributed by atoms with Gasteiger partial charge in [0.2, 0.25) is 0 Å². The van der Waals surface area contributed by atoms with Crippen LogP contribution in [0.3, 0.4) is 0 Å². The SMILES string of the molecule is Nc1cc(C#CCC(=O)O)cnc1C(=O)O. The first-order valence-corrected chi connectivity index (χ1v) is 4.20. The first-order valence-electron chi connectivity index (χ1n) is 4.20. The summed E-state index contributed by atoms with van der Waals surface area (Å²) >= 11 is 0. The van der Waals surface area contributed by atoms with E-state index in [-0.39, 0.29) is 17.8 Å². The Morgan fingerprint density at radius 2 is 2.12 bits per heavy atom. The van der Waals surface area contributed by atoms with Crippen molar-refractivity contribution >= 4 is 17.6 Å². The maximum atomic E-state index is 10.6. The Balaban J connectivity index is 2.92. The summed E-state index contributed by atoms with van der Waals surface area (Å²) in [6.07, 6.45) is 0.940. The lowest BCUT2D eigenvalue weighted by Gasteiger charge is -1.98. The summed E-state index contributed by atoms with van der Waals surface area (Å²) in [5.74, 6) is 2.65. The molecule has 0 aliphatic carbocycles. The predicted molar refractivity (Wildman–Crippen MR) is 54.7 cm³/mol. The van der Waals surface area contributed by atoms with Gasteiger partial charge in [-0.2, -0.15) is 0 Å². The van der Waals surface area contributed by atoms with Crippen LogP contribution < -0.4 is 5.73 Å². The molecule has 1 heterocycles. The van der Waals surface area contributed by atoms with Crippen molar-refractivity contribution in [1.82, 2.24) is 4.98 Å². The molecule has 82 valence electrons. The fourth-order valence-electron chi connectivity index (χ4n) is 0.951. The van der Waals surface area contributed by atoms with Gasteiger partial charge in [0.05, 0.1) is 5.69 Å². The number of pyridine rings is 1. The van der Waals surface area contributed by atoms with Crippen molar-refractivity contribution in [2.45, 2.75) is 6.42 Å². The molecular weight excluding hydrogens is 212 g/mol. The van der Waals surface area contributed by atoms with Crippen LogP contribution in [-0.4, -0.2) is 27.1 Å². The minimum absolute atomic E-state index is 0.00498. The number of rotatable bonds is 2. The van der Waals surface area contributed by atoms with E-state index in [1.807, 2.05) is 0 Å². The molecular formula is C10H8N2O4. The van der Waals surface area contributed by atoms with E-state index in [0.717, 1.165) is 0 Å². The van der Waals surface area contributed by atoms with E-state index in [2.05, 4.69) is 16.8 Å². The highest BCUT2D eigenvalue weighted by atomic mass is 16.4. The number of nitrogen functional groups attached to an aromatic ring is 1. The Morgan fingerprint density at radius 1 is 1.44 bits per heavy atom. The molecule has 0 fully saturated rings. The molecule has 0 unspecified atom stereocenters. The molecule has 0 amide bonds. The van der Waals surface area contributed by atoms with Gasteiger partial charge in [0, 0.05) is 11.8 Å². The van der Waals surface area contributed by atoms with Crippen LogP contribution in [0, 0.1) is 11.8 Å². The number of aliphatic carboxylic acids is 1. The molecule has 4 N–H and O–H groups in total. The van der Waals surface area contributed by atoms with Gasteiger partial charge in [-0.05, 0) is 6.07 Å². The molecule has 1 aromatic rings. The molecule has 0 radical (unpaired) electrons. The van der Waals surface area contributed by atoms with Gasteiger partial charge in [0.1, 0.15) is 6.42 Å². The maximum Gasteiger partial charge on any atom is 0.356 e. The van der Waals surface area contributed by atoms with Crippen molar-refractivity contribution in [3.8, 4) is 11.8 Å². The largest absolute Gasteiger partial charge is 0.481 e. The zero-order chi connectivity index (χ0) is 12.1. The highest BCUT2D eigenvalue weighted by Gasteiger charge is 2.08. The van der Waals surface area contributed by atoms with E-state index in [1.54, 1.807) is 0 Å². The van der Waals surface area contributed by atoms with Crippen molar-refractivity contribution in [3.05, 3.63) is 23.5 Å². The zero-order valence-electron chi connectivity index (χ0n) is 8.10. The van der Waals surface area contributed by atoms with E-state index < -0.39 is 11.9 Å². The van der Waals surface area contributed by atoms with Crippen LogP contribution in [0.5, 0.6) is 0 Å². The molecule has 6 nitrogen and oxygen atoms in total. The monoisotopic (exact) mass is 220 g/mol. The third kappa shape index (κ3) is 2.99. The number of aromatic carboxylic acids is 1. The molecule has 0 aromatic carbocycles. The molecule has 0 atom stereocenters. The number of hydrogen-bond acceptors (Lipinski definition) is 4. The third-order valence-corrected chi connectivity index (χ3v) is 1.59. The van der Waals surface area contributed by atoms with Crippen LogP contribution in [0.4, 0.5) is 5.69 Å². The fraction of sp³-hybridized carbons (Fsp3) is 0.100. The van der Waals surface area contributed by atoms with Crippen LogP contribution in [0.1, 0.15) is 22.5 Å². The summed E-state index contributed by atoms with van der Waals surface area (Å²) in [7, 11) is 0. The van der Waals surface area contributed by atoms with Crippen LogP contribution in [0.25, 0.3) is 0 Å². The Morgan fingerprint density at radius 3 is 2.62 bits per heavy atom. The number of hydrogen-bond donors (Lipinski definition) is 3. The van der Waals surface area contributed by atoms with Crippen LogP contribution in [-0.2, 0) is 4.79 Å². The van der Waals surface area contributed by atoms with Crippen molar-refractivity contribution < 1.29 is 19.8 Å². The van der Waals surface area contributed by atoms with Crippen LogP contribution in [0.15, 0.2) is 12.3 Å². The molecule has 16 heavy (non-hydrogen) atoms. The third-order valence-electron chi connectivity index (χ3n) is 1.59. The van der Waals surface area contributed by atoms with Gasteiger partial charge in [-0.15, -0.1) is 0 Å². The van der Waals surface area contributed by atoms with Crippen molar-refractivity contribution in [3.63, 3.8) is 0 Å². The van der Waals surface area contributed by atoms with E-state index in [9.17, 15) is 9.59 Å². The maximum absolute atomic E-state index is 10.6. The quantitative estimate of drug-likeness (QED) is 0.613. The lowest BCUT2D eigenvalue weighted by molar-refractivity contribution is -0.135. The lowest BCUT2D eigenvalue weighted by atomic mass is 10.2. The topological polar surface area (TPSA) is 114 Å². The Bertz CT molecular complexity index is 499. The number of aromatic nitrogens is 1. The summed E-state index contributed by atoms with van der Waals surface area (Å²) in [5.41, 5.74) is 5.55. The average Bonchev–Trinajstić information content (AvgIpc) is 2.16. The molecule has 0 aliphatic rings. The van der Waals surface area contributed by atoms with Crippen molar-refractivity contribution in [2.75, 3.05) is 5.73 Å². The molecule has 6 heteroatoms. The number of nitrogens with two attached hydrogens (primary N) is 1. The second kappa shape index (κ2) is 4.79.